The van der Waals surface area contributed by atoms with E-state index in [-0.39, 0.29) is 11.8 Å². The number of hydrogen-bond acceptors (Lipinski definition) is 4. The molecule has 0 unspecified atom stereocenters. The second-order valence-corrected chi connectivity index (χ2v) is 7.65. The fraction of sp³-hybridized carbons (Fsp3) is 0.154. The van der Waals surface area contributed by atoms with E-state index in [9.17, 15) is 9.59 Å². The van der Waals surface area contributed by atoms with E-state index in [4.69, 9.17) is 4.74 Å². The highest BCUT2D eigenvalue weighted by Gasteiger charge is 2.43. The van der Waals surface area contributed by atoms with E-state index in [1.54, 1.807) is 19.2 Å². The third-order valence-electron chi connectivity index (χ3n) is 5.90. The van der Waals surface area contributed by atoms with Gasteiger partial charge in [-0.2, -0.15) is 0 Å². The number of carbonyl (C=O) groups is 2. The van der Waals surface area contributed by atoms with Gasteiger partial charge in [-0.1, -0.05) is 60.7 Å². The SMILES string of the molecule is COc1ccccc1C1=C(N2CCc3ccccc3C2)C(=O)N(c2ccccc2)C1=O. The van der Waals surface area contributed by atoms with Crippen LogP contribution in [0.1, 0.15) is 16.7 Å². The van der Waals surface area contributed by atoms with Gasteiger partial charge < -0.3 is 9.64 Å². The Balaban J connectivity index is 1.66. The molecule has 2 amide bonds. The molecule has 0 saturated carbocycles. The number of fused-ring (bicyclic) bond motifs is 1. The number of methoxy groups -OCH3 is 1. The Kier molecular flexibility index (Phi) is 4.79. The first-order valence-electron chi connectivity index (χ1n) is 10.3. The molecule has 2 aliphatic heterocycles. The van der Waals surface area contributed by atoms with Crippen molar-refractivity contribution in [3.8, 4) is 5.75 Å². The smallest absolute Gasteiger partial charge is 0.282 e. The molecule has 0 spiro atoms. The lowest BCUT2D eigenvalue weighted by atomic mass is 9.97. The third-order valence-corrected chi connectivity index (χ3v) is 5.90. The van der Waals surface area contributed by atoms with Gasteiger partial charge in [0, 0.05) is 18.7 Å². The van der Waals surface area contributed by atoms with Crippen molar-refractivity contribution >= 4 is 23.1 Å². The summed E-state index contributed by atoms with van der Waals surface area (Å²) in [4.78, 5) is 30.6. The van der Waals surface area contributed by atoms with Gasteiger partial charge in [-0.15, -0.1) is 0 Å². The van der Waals surface area contributed by atoms with Gasteiger partial charge in [0.15, 0.2) is 0 Å². The lowest BCUT2D eigenvalue weighted by molar-refractivity contribution is -0.120. The number of benzene rings is 3. The van der Waals surface area contributed by atoms with E-state index in [0.29, 0.717) is 41.4 Å². The summed E-state index contributed by atoms with van der Waals surface area (Å²) in [5.74, 6) is -0.0467. The Labute approximate surface area is 181 Å². The molecule has 0 radical (unpaired) electrons. The quantitative estimate of drug-likeness (QED) is 0.609. The molecule has 5 heteroatoms. The Hall–Kier alpha value is -3.86. The highest BCUT2D eigenvalue weighted by molar-refractivity contribution is 6.45. The molecule has 0 aromatic heterocycles. The van der Waals surface area contributed by atoms with Crippen molar-refractivity contribution in [1.29, 1.82) is 0 Å². The van der Waals surface area contributed by atoms with Crippen LogP contribution in [-0.4, -0.2) is 30.4 Å². The summed E-state index contributed by atoms with van der Waals surface area (Å²) in [5.41, 5.74) is 4.50. The average molecular weight is 410 g/mol. The van der Waals surface area contributed by atoms with E-state index in [1.165, 1.54) is 16.0 Å². The minimum atomic E-state index is -0.324. The summed E-state index contributed by atoms with van der Waals surface area (Å²) in [6.45, 7) is 1.26. The van der Waals surface area contributed by atoms with Crippen molar-refractivity contribution in [3.05, 3.63) is 101 Å². The number of nitrogens with zero attached hydrogens (tertiary/aromatic N) is 2. The summed E-state index contributed by atoms with van der Waals surface area (Å²) in [6.07, 6.45) is 0.825. The largest absolute Gasteiger partial charge is 0.496 e. The maximum absolute atomic E-state index is 13.7. The van der Waals surface area contributed by atoms with Crippen LogP contribution in [0.15, 0.2) is 84.6 Å². The normalized spacial score (nSPS) is 16.0. The number of ether oxygens (including phenoxy) is 1. The number of para-hydroxylation sites is 2. The molecule has 0 saturated heterocycles. The Morgan fingerprint density at radius 2 is 1.45 bits per heavy atom. The van der Waals surface area contributed by atoms with Gasteiger partial charge in [-0.05, 0) is 35.7 Å². The van der Waals surface area contributed by atoms with Crippen molar-refractivity contribution in [2.24, 2.45) is 0 Å². The van der Waals surface area contributed by atoms with Crippen molar-refractivity contribution in [2.45, 2.75) is 13.0 Å². The third kappa shape index (κ3) is 3.19. The molecule has 0 bridgehead atoms. The van der Waals surface area contributed by atoms with Crippen LogP contribution in [0.3, 0.4) is 0 Å². The summed E-state index contributed by atoms with van der Waals surface area (Å²) in [5, 5.41) is 0. The first-order chi connectivity index (χ1) is 15.2. The molecule has 0 N–H and O–H groups in total. The monoisotopic (exact) mass is 410 g/mol. The lowest BCUT2D eigenvalue weighted by Crippen LogP contribution is -2.37. The van der Waals surface area contributed by atoms with Gasteiger partial charge in [0.1, 0.15) is 11.4 Å². The minimum Gasteiger partial charge on any atom is -0.496 e. The topological polar surface area (TPSA) is 49.9 Å². The second-order valence-electron chi connectivity index (χ2n) is 7.65. The summed E-state index contributed by atoms with van der Waals surface area (Å²) < 4.78 is 5.54. The van der Waals surface area contributed by atoms with Crippen LogP contribution < -0.4 is 9.64 Å². The zero-order chi connectivity index (χ0) is 21.4. The van der Waals surface area contributed by atoms with Crippen LogP contribution >= 0.6 is 0 Å². The van der Waals surface area contributed by atoms with E-state index in [1.807, 2.05) is 59.5 Å². The average Bonchev–Trinajstić information content (AvgIpc) is 3.09. The van der Waals surface area contributed by atoms with Gasteiger partial charge in [0.05, 0.1) is 18.4 Å². The van der Waals surface area contributed by atoms with E-state index in [0.717, 1.165) is 6.42 Å². The maximum atomic E-state index is 13.7. The van der Waals surface area contributed by atoms with Crippen molar-refractivity contribution < 1.29 is 14.3 Å². The summed E-state index contributed by atoms with van der Waals surface area (Å²) in [7, 11) is 1.58. The number of carbonyl (C=O) groups excluding carboxylic acids is 2. The van der Waals surface area contributed by atoms with Gasteiger partial charge in [0.2, 0.25) is 0 Å². The Bertz CT molecular complexity index is 1200. The van der Waals surface area contributed by atoms with Crippen LogP contribution in [0.5, 0.6) is 5.75 Å². The molecular weight excluding hydrogens is 388 g/mol. The molecule has 2 aliphatic rings. The fourth-order valence-corrected chi connectivity index (χ4v) is 4.40. The molecule has 31 heavy (non-hydrogen) atoms. The van der Waals surface area contributed by atoms with Crippen molar-refractivity contribution in [2.75, 3.05) is 18.6 Å². The summed E-state index contributed by atoms with van der Waals surface area (Å²) in [6, 6.07) is 24.7. The predicted octanol–water partition coefficient (Wildman–Crippen LogP) is 4.04. The van der Waals surface area contributed by atoms with Gasteiger partial charge in [-0.3, -0.25) is 9.59 Å². The first-order valence-corrected chi connectivity index (χ1v) is 10.3. The van der Waals surface area contributed by atoms with Crippen LogP contribution in [0, 0.1) is 0 Å². The Morgan fingerprint density at radius 3 is 2.23 bits per heavy atom. The molecule has 0 atom stereocenters. The summed E-state index contributed by atoms with van der Waals surface area (Å²) >= 11 is 0. The van der Waals surface area contributed by atoms with Gasteiger partial charge >= 0.3 is 0 Å². The van der Waals surface area contributed by atoms with Crippen LogP contribution in [0.4, 0.5) is 5.69 Å². The molecule has 3 aromatic carbocycles. The van der Waals surface area contributed by atoms with Gasteiger partial charge in [0.25, 0.3) is 11.8 Å². The molecule has 0 fully saturated rings. The molecular formula is C26H22N2O3. The first kappa shape index (κ1) is 19.1. The predicted molar refractivity (Wildman–Crippen MR) is 119 cm³/mol. The molecule has 5 nitrogen and oxygen atoms in total. The van der Waals surface area contributed by atoms with Crippen molar-refractivity contribution in [1.82, 2.24) is 4.90 Å². The minimum absolute atomic E-state index is 0.295. The highest BCUT2D eigenvalue weighted by atomic mass is 16.5. The van der Waals surface area contributed by atoms with Crippen LogP contribution in [0.25, 0.3) is 5.57 Å². The van der Waals surface area contributed by atoms with Crippen LogP contribution in [0.2, 0.25) is 0 Å². The molecule has 0 aliphatic carbocycles. The highest BCUT2D eigenvalue weighted by Crippen LogP contribution is 2.39. The van der Waals surface area contributed by atoms with Crippen molar-refractivity contribution in [3.63, 3.8) is 0 Å². The Morgan fingerprint density at radius 1 is 0.774 bits per heavy atom. The molecule has 5 rings (SSSR count). The zero-order valence-electron chi connectivity index (χ0n) is 17.2. The molecule has 3 aromatic rings. The molecule has 154 valence electrons. The zero-order valence-corrected chi connectivity index (χ0v) is 17.2. The number of amides is 2. The number of hydrogen-bond donors (Lipinski definition) is 0. The second kappa shape index (κ2) is 7.76. The maximum Gasteiger partial charge on any atom is 0.282 e. The lowest BCUT2D eigenvalue weighted by Gasteiger charge is -2.31. The van der Waals surface area contributed by atoms with E-state index in [2.05, 4.69) is 12.1 Å². The molecule has 2 heterocycles. The van der Waals surface area contributed by atoms with Gasteiger partial charge in [-0.25, -0.2) is 4.90 Å². The number of anilines is 1. The number of imide groups is 1. The number of rotatable bonds is 4. The van der Waals surface area contributed by atoms with Crippen LogP contribution in [-0.2, 0) is 22.6 Å². The van der Waals surface area contributed by atoms with E-state index >= 15 is 0 Å². The van der Waals surface area contributed by atoms with E-state index < -0.39 is 0 Å². The standard InChI is InChI=1S/C26H22N2O3/c1-31-22-14-8-7-13-21(22)23-24(27-16-15-18-9-5-6-10-19(18)17-27)26(30)28(25(23)29)20-11-3-2-4-12-20/h2-14H,15-17H2,1H3. The fourth-order valence-electron chi connectivity index (χ4n) is 4.40.